The molecule has 2 amide bonds. The molecule has 5 rings (SSSR count). The number of amides is 2. The summed E-state index contributed by atoms with van der Waals surface area (Å²) >= 11 is 3.67. The highest BCUT2D eigenvalue weighted by molar-refractivity contribution is 9.09. The first kappa shape index (κ1) is 28.4. The van der Waals surface area contributed by atoms with E-state index in [1.165, 1.54) is 0 Å². The maximum atomic E-state index is 14.5. The molecule has 3 unspecified atom stereocenters. The van der Waals surface area contributed by atoms with E-state index in [4.69, 9.17) is 9.47 Å². The van der Waals surface area contributed by atoms with Crippen LogP contribution in [-0.2, 0) is 30.5 Å². The summed E-state index contributed by atoms with van der Waals surface area (Å²) in [6, 6.07) is 6.50. The normalized spacial score (nSPS) is 28.6. The highest BCUT2D eigenvalue weighted by Gasteiger charge is 2.77. The van der Waals surface area contributed by atoms with E-state index in [0.717, 1.165) is 5.52 Å². The van der Waals surface area contributed by atoms with Crippen LogP contribution in [0.25, 0.3) is 11.0 Å². The molecule has 4 heterocycles. The van der Waals surface area contributed by atoms with Crippen LogP contribution in [0.2, 0.25) is 0 Å². The second-order valence-electron chi connectivity index (χ2n) is 10.4. The minimum Gasteiger partial charge on any atom is -0.465 e. The van der Waals surface area contributed by atoms with Crippen LogP contribution in [0.1, 0.15) is 25.7 Å². The first-order valence-corrected chi connectivity index (χ1v) is 14.5. The molecular formula is C28H34BrN5O6. The first-order chi connectivity index (χ1) is 19.4. The maximum Gasteiger partial charge on any atom is 0.312 e. The van der Waals surface area contributed by atoms with Crippen molar-refractivity contribution in [3.63, 3.8) is 0 Å². The maximum absolute atomic E-state index is 14.5. The van der Waals surface area contributed by atoms with Crippen LogP contribution < -0.4 is 0 Å². The molecule has 0 saturated carbocycles. The predicted octanol–water partition coefficient (Wildman–Crippen LogP) is 2.04. The average molecular weight is 617 g/mol. The lowest BCUT2D eigenvalue weighted by Gasteiger charge is -2.37. The van der Waals surface area contributed by atoms with Crippen molar-refractivity contribution in [1.29, 1.82) is 0 Å². The Morgan fingerprint density at radius 3 is 2.83 bits per heavy atom. The Kier molecular flexibility index (Phi) is 8.39. The third kappa shape index (κ3) is 4.75. The van der Waals surface area contributed by atoms with Gasteiger partial charge in [0.15, 0.2) is 0 Å². The van der Waals surface area contributed by atoms with E-state index in [1.807, 2.05) is 24.3 Å². The number of fused-ring (bicyclic) bond motifs is 2. The predicted molar refractivity (Wildman–Crippen MR) is 149 cm³/mol. The van der Waals surface area contributed by atoms with Crippen LogP contribution in [0.4, 0.5) is 0 Å². The van der Waals surface area contributed by atoms with Crippen molar-refractivity contribution in [3.8, 4) is 0 Å². The standard InChI is InChI=1S/C28H34BrN5O6/c1-3-5-15-39-27(38)21-22-25(36)33(13-8-9-14-35)24(28(22)16-18(29)23(21)40-28)26(37)32(12-4-2)17-34-20-11-7-6-10-19(20)30-31-34/h3-4,6-7,10-11,18,21-24,35H,1-2,5,8-9,12-17H2/t18?,21-,22-,23-,24?,28?/m0/s1. The van der Waals surface area contributed by atoms with E-state index in [-0.39, 0.29) is 49.6 Å². The van der Waals surface area contributed by atoms with E-state index in [1.54, 1.807) is 26.6 Å². The number of alkyl halides is 1. The molecule has 0 aliphatic carbocycles. The molecule has 40 heavy (non-hydrogen) atoms. The molecule has 2 aromatic rings. The van der Waals surface area contributed by atoms with Crippen molar-refractivity contribution >= 4 is 44.7 Å². The van der Waals surface area contributed by atoms with E-state index >= 15 is 0 Å². The van der Waals surface area contributed by atoms with Crippen LogP contribution in [0, 0.1) is 11.8 Å². The third-order valence-electron chi connectivity index (χ3n) is 8.05. The Balaban J connectivity index is 1.50. The molecule has 3 fully saturated rings. The van der Waals surface area contributed by atoms with Crippen molar-refractivity contribution < 1.29 is 29.0 Å². The molecule has 0 radical (unpaired) electrons. The number of unbranched alkanes of at least 4 members (excludes halogenated alkanes) is 1. The smallest absolute Gasteiger partial charge is 0.312 e. The Bertz CT molecular complexity index is 1300. The summed E-state index contributed by atoms with van der Waals surface area (Å²) in [5, 5.41) is 17.8. The summed E-state index contributed by atoms with van der Waals surface area (Å²) in [7, 11) is 0. The number of hydrogen-bond acceptors (Lipinski definition) is 8. The van der Waals surface area contributed by atoms with E-state index in [9.17, 15) is 19.5 Å². The van der Waals surface area contributed by atoms with Gasteiger partial charge in [-0.05, 0) is 37.8 Å². The SMILES string of the molecule is C=CCCOC(=O)[C@H]1[C@H]2C(=O)N(CCCCO)C(C(=O)N(CC=C)Cn3nnc4ccccc43)C23CC(Br)[C@@H]1O3. The van der Waals surface area contributed by atoms with E-state index < -0.39 is 35.6 Å². The zero-order valence-electron chi connectivity index (χ0n) is 22.2. The third-order valence-corrected chi connectivity index (χ3v) is 8.90. The van der Waals surface area contributed by atoms with Gasteiger partial charge in [-0.1, -0.05) is 45.4 Å². The molecule has 6 atom stereocenters. The van der Waals surface area contributed by atoms with Crippen molar-refractivity contribution in [2.24, 2.45) is 11.8 Å². The summed E-state index contributed by atoms with van der Waals surface area (Å²) < 4.78 is 13.7. The molecule has 2 bridgehead atoms. The van der Waals surface area contributed by atoms with Gasteiger partial charge in [0, 0.05) is 24.5 Å². The Hall–Kier alpha value is -3.09. The van der Waals surface area contributed by atoms with E-state index in [2.05, 4.69) is 39.4 Å². The van der Waals surface area contributed by atoms with Gasteiger partial charge in [0.25, 0.3) is 0 Å². The van der Waals surface area contributed by atoms with Crippen LogP contribution >= 0.6 is 15.9 Å². The first-order valence-electron chi connectivity index (χ1n) is 13.6. The van der Waals surface area contributed by atoms with Crippen molar-refractivity contribution in [2.75, 3.05) is 26.3 Å². The van der Waals surface area contributed by atoms with Gasteiger partial charge in [0.05, 0.1) is 30.1 Å². The molecule has 3 aliphatic heterocycles. The molecule has 1 aromatic carbocycles. The largest absolute Gasteiger partial charge is 0.465 e. The number of aliphatic hydroxyl groups excluding tert-OH is 1. The second kappa shape index (κ2) is 11.8. The second-order valence-corrected chi connectivity index (χ2v) is 11.6. The molecule has 1 spiro atoms. The molecule has 1 aromatic heterocycles. The number of aliphatic hydroxyl groups is 1. The quantitative estimate of drug-likeness (QED) is 0.157. The lowest BCUT2D eigenvalue weighted by Crippen LogP contribution is -2.57. The number of benzene rings is 1. The van der Waals surface area contributed by atoms with Crippen LogP contribution in [0.5, 0.6) is 0 Å². The number of rotatable bonds is 13. The highest BCUT2D eigenvalue weighted by Crippen LogP contribution is 2.60. The lowest BCUT2D eigenvalue weighted by atomic mass is 9.70. The van der Waals surface area contributed by atoms with Gasteiger partial charge >= 0.3 is 5.97 Å². The van der Waals surface area contributed by atoms with Crippen LogP contribution in [-0.4, -0.2) is 96.6 Å². The number of para-hydroxylation sites is 1. The number of hydrogen-bond donors (Lipinski definition) is 1. The molecule has 3 aliphatic rings. The minimum atomic E-state index is -1.20. The fourth-order valence-corrected chi connectivity index (χ4v) is 7.32. The molecule has 11 nitrogen and oxygen atoms in total. The van der Waals surface area contributed by atoms with Crippen molar-refractivity contribution in [3.05, 3.63) is 49.6 Å². The van der Waals surface area contributed by atoms with Gasteiger partial charge in [-0.25, -0.2) is 4.68 Å². The number of aromatic nitrogens is 3. The molecule has 3 saturated heterocycles. The Morgan fingerprint density at radius 2 is 2.08 bits per heavy atom. The zero-order chi connectivity index (χ0) is 28.4. The fraction of sp³-hybridized carbons (Fsp3) is 0.536. The van der Waals surface area contributed by atoms with E-state index in [0.29, 0.717) is 31.2 Å². The lowest BCUT2D eigenvalue weighted by molar-refractivity contribution is -0.155. The number of esters is 1. The van der Waals surface area contributed by atoms with Gasteiger partial charge in [0.1, 0.15) is 23.8 Å². The topological polar surface area (TPSA) is 127 Å². The molecular weight excluding hydrogens is 582 g/mol. The van der Waals surface area contributed by atoms with Gasteiger partial charge in [-0.2, -0.15) is 0 Å². The van der Waals surface area contributed by atoms with Crippen LogP contribution in [0.15, 0.2) is 49.6 Å². The Labute approximate surface area is 240 Å². The summed E-state index contributed by atoms with van der Waals surface area (Å²) in [6.45, 7) is 8.17. The van der Waals surface area contributed by atoms with Gasteiger partial charge < -0.3 is 24.4 Å². The van der Waals surface area contributed by atoms with Gasteiger partial charge in [-0.3, -0.25) is 14.4 Å². The average Bonchev–Trinajstić information content (AvgIpc) is 3.66. The summed E-state index contributed by atoms with van der Waals surface area (Å²) in [4.78, 5) is 44.7. The van der Waals surface area contributed by atoms with Gasteiger partial charge in [-0.15, -0.1) is 18.3 Å². The number of likely N-dealkylation sites (tertiary alicyclic amines) is 1. The minimum absolute atomic E-state index is 0.0303. The van der Waals surface area contributed by atoms with Crippen molar-refractivity contribution in [1.82, 2.24) is 24.8 Å². The number of carbonyl (C=O) groups is 3. The Morgan fingerprint density at radius 1 is 1.27 bits per heavy atom. The number of carbonyl (C=O) groups excluding carboxylic acids is 3. The highest BCUT2D eigenvalue weighted by atomic mass is 79.9. The molecule has 12 heteroatoms. The summed E-state index contributed by atoms with van der Waals surface area (Å²) in [5.74, 6) is -2.80. The fourth-order valence-electron chi connectivity index (χ4n) is 6.38. The number of halogens is 1. The number of nitrogens with zero attached hydrogens (tertiary/aromatic N) is 5. The monoisotopic (exact) mass is 615 g/mol. The summed E-state index contributed by atoms with van der Waals surface area (Å²) in [5.41, 5.74) is 0.271. The van der Waals surface area contributed by atoms with Crippen molar-refractivity contribution in [2.45, 2.75) is 54.9 Å². The number of ether oxygens (including phenoxy) is 2. The van der Waals surface area contributed by atoms with Crippen LogP contribution in [0.3, 0.4) is 0 Å². The zero-order valence-corrected chi connectivity index (χ0v) is 23.8. The van der Waals surface area contributed by atoms with Gasteiger partial charge in [0.2, 0.25) is 11.8 Å². The molecule has 1 N–H and O–H groups in total. The summed E-state index contributed by atoms with van der Waals surface area (Å²) in [6.07, 6.45) is 4.55. The molecule has 214 valence electrons.